The standard InChI is InChI=1S/C10H7NO3S/c12-9(13)7-3-1-2-4-8(7)14-10-11-5-6-15-10/h1-6H,(H,12,13). The van der Waals surface area contributed by atoms with E-state index in [-0.39, 0.29) is 5.56 Å². The van der Waals surface area contributed by atoms with Gasteiger partial charge in [-0.2, -0.15) is 0 Å². The molecule has 2 aromatic rings. The minimum Gasteiger partial charge on any atom is -0.478 e. The summed E-state index contributed by atoms with van der Waals surface area (Å²) in [6.07, 6.45) is 1.60. The van der Waals surface area contributed by atoms with Gasteiger partial charge in [0.05, 0.1) is 0 Å². The maximum Gasteiger partial charge on any atom is 0.339 e. The van der Waals surface area contributed by atoms with Crippen LogP contribution in [0.15, 0.2) is 35.8 Å². The fraction of sp³-hybridized carbons (Fsp3) is 0. The highest BCUT2D eigenvalue weighted by Crippen LogP contribution is 2.26. The number of benzene rings is 1. The molecule has 0 bridgehead atoms. The van der Waals surface area contributed by atoms with Crippen molar-refractivity contribution in [1.82, 2.24) is 4.98 Å². The SMILES string of the molecule is O=C(O)c1ccccc1Oc1nccs1. The second-order valence-corrected chi connectivity index (χ2v) is 3.56. The zero-order chi connectivity index (χ0) is 10.7. The maximum atomic E-state index is 10.9. The Morgan fingerprint density at radius 1 is 1.40 bits per heavy atom. The Morgan fingerprint density at radius 3 is 2.87 bits per heavy atom. The van der Waals surface area contributed by atoms with Gasteiger partial charge in [0, 0.05) is 11.6 Å². The first kappa shape index (κ1) is 9.67. The Labute approximate surface area is 89.8 Å². The number of hydrogen-bond acceptors (Lipinski definition) is 4. The number of para-hydroxylation sites is 1. The number of carboxylic acid groups (broad SMARTS) is 1. The summed E-state index contributed by atoms with van der Waals surface area (Å²) in [5, 5.41) is 11.1. The molecule has 1 aromatic carbocycles. The van der Waals surface area contributed by atoms with E-state index in [0.717, 1.165) is 0 Å². The molecule has 0 atom stereocenters. The molecule has 0 aliphatic rings. The lowest BCUT2D eigenvalue weighted by Crippen LogP contribution is -1.99. The van der Waals surface area contributed by atoms with Crippen molar-refractivity contribution in [3.05, 3.63) is 41.4 Å². The molecule has 76 valence electrons. The first-order chi connectivity index (χ1) is 7.27. The van der Waals surface area contributed by atoms with Crippen molar-refractivity contribution < 1.29 is 14.6 Å². The minimum atomic E-state index is -1.01. The van der Waals surface area contributed by atoms with Gasteiger partial charge in [0.25, 0.3) is 5.19 Å². The monoisotopic (exact) mass is 221 g/mol. The van der Waals surface area contributed by atoms with Crippen LogP contribution >= 0.6 is 11.3 Å². The molecule has 1 heterocycles. The molecule has 0 radical (unpaired) electrons. The first-order valence-electron chi connectivity index (χ1n) is 4.17. The number of hydrogen-bond donors (Lipinski definition) is 1. The predicted molar refractivity (Wildman–Crippen MR) is 55.6 cm³/mol. The number of carboxylic acids is 1. The largest absolute Gasteiger partial charge is 0.478 e. The van der Waals surface area contributed by atoms with E-state index >= 15 is 0 Å². The van der Waals surface area contributed by atoms with Crippen LogP contribution in [0.4, 0.5) is 0 Å². The van der Waals surface area contributed by atoms with E-state index in [1.165, 1.54) is 17.4 Å². The third-order valence-electron chi connectivity index (χ3n) is 1.72. The number of nitrogens with zero attached hydrogens (tertiary/aromatic N) is 1. The summed E-state index contributed by atoms with van der Waals surface area (Å²) in [5.74, 6) is -0.706. The Balaban J connectivity index is 2.32. The summed E-state index contributed by atoms with van der Waals surface area (Å²) in [6, 6.07) is 6.46. The van der Waals surface area contributed by atoms with Crippen molar-refractivity contribution in [2.24, 2.45) is 0 Å². The van der Waals surface area contributed by atoms with Gasteiger partial charge < -0.3 is 9.84 Å². The van der Waals surface area contributed by atoms with Gasteiger partial charge in [0.2, 0.25) is 0 Å². The molecule has 1 aromatic heterocycles. The number of thiazole rings is 1. The van der Waals surface area contributed by atoms with E-state index in [1.54, 1.807) is 29.8 Å². The third-order valence-corrected chi connectivity index (χ3v) is 2.37. The zero-order valence-corrected chi connectivity index (χ0v) is 8.40. The first-order valence-corrected chi connectivity index (χ1v) is 5.05. The number of ether oxygens (including phenoxy) is 1. The van der Waals surface area contributed by atoms with Crippen LogP contribution in [0.1, 0.15) is 10.4 Å². The predicted octanol–water partition coefficient (Wildman–Crippen LogP) is 2.63. The maximum absolute atomic E-state index is 10.9. The molecule has 0 saturated heterocycles. The third kappa shape index (κ3) is 2.13. The Morgan fingerprint density at radius 2 is 2.20 bits per heavy atom. The minimum absolute atomic E-state index is 0.132. The van der Waals surface area contributed by atoms with Gasteiger partial charge in [0.1, 0.15) is 11.3 Å². The summed E-state index contributed by atoms with van der Waals surface area (Å²) < 4.78 is 5.34. The number of aromatic nitrogens is 1. The van der Waals surface area contributed by atoms with Gasteiger partial charge >= 0.3 is 5.97 Å². The van der Waals surface area contributed by atoms with E-state index in [2.05, 4.69) is 4.98 Å². The molecule has 2 rings (SSSR count). The van der Waals surface area contributed by atoms with Crippen LogP contribution < -0.4 is 4.74 Å². The van der Waals surface area contributed by atoms with Crippen molar-refractivity contribution in [3.63, 3.8) is 0 Å². The Kier molecular flexibility index (Phi) is 2.64. The second kappa shape index (κ2) is 4.10. The molecule has 4 nitrogen and oxygen atoms in total. The number of carbonyl (C=O) groups is 1. The summed E-state index contributed by atoms with van der Waals surface area (Å²) in [7, 11) is 0. The van der Waals surface area contributed by atoms with E-state index < -0.39 is 5.97 Å². The molecule has 0 unspecified atom stereocenters. The molecule has 0 saturated carbocycles. The van der Waals surface area contributed by atoms with Crippen molar-refractivity contribution >= 4 is 17.3 Å². The van der Waals surface area contributed by atoms with Crippen molar-refractivity contribution in [3.8, 4) is 10.9 Å². The fourth-order valence-corrected chi connectivity index (χ4v) is 1.58. The number of rotatable bonds is 3. The lowest BCUT2D eigenvalue weighted by Gasteiger charge is -2.04. The zero-order valence-electron chi connectivity index (χ0n) is 7.58. The van der Waals surface area contributed by atoms with E-state index in [0.29, 0.717) is 10.9 Å². The van der Waals surface area contributed by atoms with E-state index in [1.807, 2.05) is 0 Å². The van der Waals surface area contributed by atoms with Gasteiger partial charge in [0.15, 0.2) is 0 Å². The van der Waals surface area contributed by atoms with Crippen molar-refractivity contribution in [2.75, 3.05) is 0 Å². The summed E-state index contributed by atoms with van der Waals surface area (Å²) in [6.45, 7) is 0. The van der Waals surface area contributed by atoms with Crippen LogP contribution in [0.25, 0.3) is 0 Å². The Bertz CT molecular complexity index is 467. The molecule has 0 aliphatic carbocycles. The summed E-state index contributed by atoms with van der Waals surface area (Å²) in [4.78, 5) is 14.8. The smallest absolute Gasteiger partial charge is 0.339 e. The highest BCUT2D eigenvalue weighted by Gasteiger charge is 2.11. The van der Waals surface area contributed by atoms with E-state index in [9.17, 15) is 4.79 Å². The van der Waals surface area contributed by atoms with Crippen LogP contribution in [0.3, 0.4) is 0 Å². The highest BCUT2D eigenvalue weighted by molar-refractivity contribution is 7.11. The van der Waals surface area contributed by atoms with Crippen LogP contribution in [-0.2, 0) is 0 Å². The Hall–Kier alpha value is -1.88. The molecule has 0 amide bonds. The van der Waals surface area contributed by atoms with Crippen LogP contribution in [-0.4, -0.2) is 16.1 Å². The van der Waals surface area contributed by atoms with Gasteiger partial charge in [-0.1, -0.05) is 23.5 Å². The molecule has 5 heteroatoms. The quantitative estimate of drug-likeness (QED) is 0.865. The average Bonchev–Trinajstić information content (AvgIpc) is 2.71. The topological polar surface area (TPSA) is 59.4 Å². The normalized spacial score (nSPS) is 9.87. The molecule has 0 spiro atoms. The lowest BCUT2D eigenvalue weighted by atomic mass is 10.2. The van der Waals surface area contributed by atoms with Crippen molar-refractivity contribution in [2.45, 2.75) is 0 Å². The summed E-state index contributed by atoms with van der Waals surface area (Å²) >= 11 is 1.31. The van der Waals surface area contributed by atoms with E-state index in [4.69, 9.17) is 9.84 Å². The van der Waals surface area contributed by atoms with Crippen LogP contribution in [0, 0.1) is 0 Å². The molecule has 0 fully saturated rings. The molecular formula is C10H7NO3S. The highest BCUT2D eigenvalue weighted by atomic mass is 32.1. The molecule has 1 N–H and O–H groups in total. The van der Waals surface area contributed by atoms with Gasteiger partial charge in [-0.3, -0.25) is 0 Å². The molecule has 0 aliphatic heterocycles. The van der Waals surface area contributed by atoms with Crippen molar-refractivity contribution in [1.29, 1.82) is 0 Å². The lowest BCUT2D eigenvalue weighted by molar-refractivity contribution is 0.0694. The van der Waals surface area contributed by atoms with Gasteiger partial charge in [-0.25, -0.2) is 9.78 Å². The van der Waals surface area contributed by atoms with Gasteiger partial charge in [-0.05, 0) is 12.1 Å². The number of aromatic carboxylic acids is 1. The van der Waals surface area contributed by atoms with Gasteiger partial charge in [-0.15, -0.1) is 0 Å². The molecule has 15 heavy (non-hydrogen) atoms. The second-order valence-electron chi connectivity index (χ2n) is 2.70. The van der Waals surface area contributed by atoms with Crippen LogP contribution in [0.2, 0.25) is 0 Å². The summed E-state index contributed by atoms with van der Waals surface area (Å²) in [5.41, 5.74) is 0.132. The average molecular weight is 221 g/mol. The molecular weight excluding hydrogens is 214 g/mol. The fourth-order valence-electron chi connectivity index (χ4n) is 1.09. The van der Waals surface area contributed by atoms with Crippen LogP contribution in [0.5, 0.6) is 10.9 Å².